The predicted molar refractivity (Wildman–Crippen MR) is 207 cm³/mol. The third kappa shape index (κ3) is 10.6. The monoisotopic (exact) mass is 755 g/mol. The number of methoxy groups -OCH3 is 1. The Morgan fingerprint density at radius 2 is 1.09 bits per heavy atom. The van der Waals surface area contributed by atoms with E-state index < -0.39 is 36.7 Å². The molecule has 0 spiro atoms. The van der Waals surface area contributed by atoms with E-state index in [-0.39, 0.29) is 19.8 Å². The normalized spacial score (nSPS) is 19.4. The SMILES string of the molecule is COC(=O)c1ccc(-n2cc(CO[C@@H]3O[C@H](COCc4ccccc4)[C@@H](OCc4ccccc4)[C@H](OCc4ccccc4)[C@H]3OCc3ccccc3)nn2)cc1. The summed E-state index contributed by atoms with van der Waals surface area (Å²) in [5, 5.41) is 8.66. The van der Waals surface area contributed by atoms with Crippen molar-refractivity contribution in [3.05, 3.63) is 185 Å². The summed E-state index contributed by atoms with van der Waals surface area (Å²) in [7, 11) is 1.35. The van der Waals surface area contributed by atoms with Gasteiger partial charge < -0.3 is 33.2 Å². The van der Waals surface area contributed by atoms with Crippen LogP contribution in [0.4, 0.5) is 0 Å². The summed E-state index contributed by atoms with van der Waals surface area (Å²) >= 11 is 0. The number of esters is 1. The van der Waals surface area contributed by atoms with Crippen molar-refractivity contribution < 1.29 is 38.0 Å². The van der Waals surface area contributed by atoms with Crippen LogP contribution in [-0.2, 0) is 66.2 Å². The van der Waals surface area contributed by atoms with Crippen molar-refractivity contribution in [2.75, 3.05) is 13.7 Å². The molecule has 0 bridgehead atoms. The van der Waals surface area contributed by atoms with Crippen LogP contribution in [-0.4, -0.2) is 65.4 Å². The first-order valence-electron chi connectivity index (χ1n) is 18.6. The van der Waals surface area contributed by atoms with Crippen molar-refractivity contribution in [1.29, 1.82) is 0 Å². The second-order valence-corrected chi connectivity index (χ2v) is 13.3. The first-order valence-corrected chi connectivity index (χ1v) is 18.6. The Labute approximate surface area is 326 Å². The molecule has 2 heterocycles. The van der Waals surface area contributed by atoms with E-state index in [1.54, 1.807) is 35.1 Å². The maximum Gasteiger partial charge on any atom is 0.337 e. The predicted octanol–water partition coefficient (Wildman–Crippen LogP) is 7.27. The number of carbonyl (C=O) groups excluding carboxylic acids is 1. The molecule has 0 aliphatic carbocycles. The highest BCUT2D eigenvalue weighted by Gasteiger charge is 2.49. The molecule has 0 N–H and O–H groups in total. The van der Waals surface area contributed by atoms with Gasteiger partial charge in [0.25, 0.3) is 0 Å². The van der Waals surface area contributed by atoms with E-state index in [0.717, 1.165) is 27.9 Å². The molecule has 1 aromatic heterocycles. The fourth-order valence-corrected chi connectivity index (χ4v) is 6.41. The fourth-order valence-electron chi connectivity index (χ4n) is 6.41. The molecule has 5 atom stereocenters. The zero-order chi connectivity index (χ0) is 38.4. The van der Waals surface area contributed by atoms with Crippen molar-refractivity contribution in [2.24, 2.45) is 0 Å². The minimum Gasteiger partial charge on any atom is -0.465 e. The number of ether oxygens (including phenoxy) is 7. The van der Waals surface area contributed by atoms with Gasteiger partial charge in [0.1, 0.15) is 30.1 Å². The highest BCUT2D eigenvalue weighted by molar-refractivity contribution is 5.89. The summed E-state index contributed by atoms with van der Waals surface area (Å²) < 4.78 is 46.4. The van der Waals surface area contributed by atoms with Crippen LogP contribution in [0.5, 0.6) is 0 Å². The molecule has 56 heavy (non-hydrogen) atoms. The third-order valence-corrected chi connectivity index (χ3v) is 9.33. The van der Waals surface area contributed by atoms with E-state index >= 15 is 0 Å². The maximum absolute atomic E-state index is 11.9. The molecule has 0 radical (unpaired) electrons. The summed E-state index contributed by atoms with van der Waals surface area (Å²) in [5.74, 6) is -0.414. The number of hydrogen-bond acceptors (Lipinski definition) is 10. The van der Waals surface area contributed by atoms with Crippen molar-refractivity contribution in [1.82, 2.24) is 15.0 Å². The smallest absolute Gasteiger partial charge is 0.337 e. The van der Waals surface area contributed by atoms with Crippen molar-refractivity contribution >= 4 is 5.97 Å². The Bertz CT molecular complexity index is 2050. The van der Waals surface area contributed by atoms with Gasteiger partial charge in [-0.2, -0.15) is 0 Å². The summed E-state index contributed by atoms with van der Waals surface area (Å²) in [6.07, 6.45) is -1.66. The van der Waals surface area contributed by atoms with E-state index in [1.807, 2.05) is 121 Å². The van der Waals surface area contributed by atoms with Crippen LogP contribution in [0.25, 0.3) is 5.69 Å². The molecule has 11 heteroatoms. The lowest BCUT2D eigenvalue weighted by molar-refractivity contribution is -0.331. The summed E-state index contributed by atoms with van der Waals surface area (Å²) in [4.78, 5) is 11.9. The van der Waals surface area contributed by atoms with Gasteiger partial charge >= 0.3 is 5.97 Å². The molecular weight excluding hydrogens is 711 g/mol. The molecule has 0 saturated carbocycles. The molecule has 7 rings (SSSR count). The lowest BCUT2D eigenvalue weighted by atomic mass is 9.97. The van der Waals surface area contributed by atoms with Crippen LogP contribution in [0.15, 0.2) is 152 Å². The first-order chi connectivity index (χ1) is 27.6. The van der Waals surface area contributed by atoms with Crippen LogP contribution < -0.4 is 0 Å². The van der Waals surface area contributed by atoms with Gasteiger partial charge in [-0.1, -0.05) is 127 Å². The topological polar surface area (TPSA) is 112 Å². The Morgan fingerprint density at radius 3 is 1.62 bits per heavy atom. The van der Waals surface area contributed by atoms with Gasteiger partial charge in [-0.15, -0.1) is 5.10 Å². The Kier molecular flexibility index (Phi) is 13.7. The highest BCUT2D eigenvalue weighted by Crippen LogP contribution is 2.32. The molecule has 0 unspecified atom stereocenters. The van der Waals surface area contributed by atoms with Gasteiger partial charge in [-0.25, -0.2) is 9.48 Å². The maximum atomic E-state index is 11.9. The number of aromatic nitrogens is 3. The molecular formula is C45H45N3O8. The standard InChI is InChI=1S/C45H45N3O8/c1-50-44(49)37-22-24-39(25-23-37)48-26-38(46-47-48)31-55-45-43(54-30-36-20-12-5-13-21-36)42(53-29-35-18-10-4-11-19-35)41(52-28-34-16-8-3-9-17-34)40(56-45)32-51-27-33-14-6-2-7-15-33/h2-26,40-43,45H,27-32H2,1H3/t40-,41-,42+,43-,45-/m1/s1. The largest absolute Gasteiger partial charge is 0.465 e. The van der Waals surface area contributed by atoms with Crippen molar-refractivity contribution in [2.45, 2.75) is 63.7 Å². The van der Waals surface area contributed by atoms with Gasteiger partial charge in [0.05, 0.1) is 64.2 Å². The zero-order valence-corrected chi connectivity index (χ0v) is 31.2. The van der Waals surface area contributed by atoms with E-state index in [2.05, 4.69) is 10.3 Å². The third-order valence-electron chi connectivity index (χ3n) is 9.33. The second kappa shape index (κ2) is 19.9. The molecule has 1 aliphatic rings. The molecule has 5 aromatic carbocycles. The molecule has 1 saturated heterocycles. The minimum absolute atomic E-state index is 0.0641. The van der Waals surface area contributed by atoms with E-state index in [1.165, 1.54) is 7.11 Å². The lowest BCUT2D eigenvalue weighted by Crippen LogP contribution is -2.61. The van der Waals surface area contributed by atoms with Gasteiger partial charge in [-0.3, -0.25) is 0 Å². The molecule has 0 amide bonds. The van der Waals surface area contributed by atoms with Crippen molar-refractivity contribution in [3.8, 4) is 5.69 Å². The van der Waals surface area contributed by atoms with Crippen LogP contribution in [0, 0.1) is 0 Å². The molecule has 1 aliphatic heterocycles. The Morgan fingerprint density at radius 1 is 0.589 bits per heavy atom. The second-order valence-electron chi connectivity index (χ2n) is 13.3. The lowest BCUT2D eigenvalue weighted by Gasteiger charge is -2.45. The molecule has 6 aromatic rings. The Balaban J connectivity index is 1.16. The average Bonchev–Trinajstić information content (AvgIpc) is 3.74. The first kappa shape index (κ1) is 38.7. The van der Waals surface area contributed by atoms with Crippen molar-refractivity contribution in [3.63, 3.8) is 0 Å². The van der Waals surface area contributed by atoms with E-state index in [0.29, 0.717) is 31.1 Å². The number of benzene rings is 5. The fraction of sp³-hybridized carbons (Fsp3) is 0.267. The van der Waals surface area contributed by atoms with Crippen LogP contribution >= 0.6 is 0 Å². The van der Waals surface area contributed by atoms with Crippen LogP contribution in [0.1, 0.15) is 38.3 Å². The van der Waals surface area contributed by atoms with E-state index in [9.17, 15) is 4.79 Å². The number of rotatable bonds is 18. The summed E-state index contributed by atoms with van der Waals surface area (Å²) in [6.45, 7) is 1.60. The highest BCUT2D eigenvalue weighted by atomic mass is 16.7. The number of nitrogens with zero attached hydrogens (tertiary/aromatic N) is 3. The van der Waals surface area contributed by atoms with Gasteiger partial charge in [-0.05, 0) is 46.5 Å². The van der Waals surface area contributed by atoms with Gasteiger partial charge in [0, 0.05) is 0 Å². The summed E-state index contributed by atoms with van der Waals surface area (Å²) in [6, 6.07) is 46.9. The quantitative estimate of drug-likeness (QED) is 0.0831. The van der Waals surface area contributed by atoms with Gasteiger partial charge in [0.15, 0.2) is 6.29 Å². The number of hydrogen-bond donors (Lipinski definition) is 0. The molecule has 288 valence electrons. The molecule has 11 nitrogen and oxygen atoms in total. The average molecular weight is 756 g/mol. The van der Waals surface area contributed by atoms with E-state index in [4.69, 9.17) is 33.2 Å². The Hall–Kier alpha value is -5.53. The van der Waals surface area contributed by atoms with Gasteiger partial charge in [0.2, 0.25) is 0 Å². The molecule has 1 fully saturated rings. The number of carbonyl (C=O) groups is 1. The summed E-state index contributed by atoms with van der Waals surface area (Å²) in [5.41, 5.74) is 5.78. The van der Waals surface area contributed by atoms with Crippen LogP contribution in [0.3, 0.4) is 0 Å². The zero-order valence-electron chi connectivity index (χ0n) is 31.2. The van der Waals surface area contributed by atoms with Crippen LogP contribution in [0.2, 0.25) is 0 Å². The minimum atomic E-state index is -0.897.